The smallest absolute Gasteiger partial charge is 0.195 e. The second-order valence-corrected chi connectivity index (χ2v) is 5.10. The van der Waals surface area contributed by atoms with Crippen LogP contribution in [-0.2, 0) is 11.3 Å². The first-order valence-corrected chi connectivity index (χ1v) is 6.72. The zero-order valence-electron chi connectivity index (χ0n) is 11.2. The van der Waals surface area contributed by atoms with Crippen molar-refractivity contribution in [2.75, 3.05) is 13.2 Å². The molecule has 0 amide bonds. The van der Waals surface area contributed by atoms with Crippen LogP contribution in [0.1, 0.15) is 13.8 Å². The molecule has 19 heavy (non-hydrogen) atoms. The number of ether oxygens (including phenoxy) is 1. The molecule has 0 aliphatic carbocycles. The molecule has 0 saturated heterocycles. The maximum absolute atomic E-state index is 5.59. The van der Waals surface area contributed by atoms with Gasteiger partial charge in [0.25, 0.3) is 0 Å². The molecule has 0 aliphatic heterocycles. The molecule has 2 aromatic rings. The molecule has 102 valence electrons. The van der Waals surface area contributed by atoms with Crippen LogP contribution in [0.15, 0.2) is 24.5 Å². The van der Waals surface area contributed by atoms with Gasteiger partial charge in [0.1, 0.15) is 0 Å². The van der Waals surface area contributed by atoms with Crippen molar-refractivity contribution in [3.8, 4) is 11.4 Å². The van der Waals surface area contributed by atoms with E-state index < -0.39 is 0 Å². The lowest BCUT2D eigenvalue weighted by molar-refractivity contribution is 0.103. The molecule has 0 radical (unpaired) electrons. The van der Waals surface area contributed by atoms with Crippen molar-refractivity contribution in [2.45, 2.75) is 20.4 Å². The Hall–Kier alpha value is -1.53. The van der Waals surface area contributed by atoms with Gasteiger partial charge in [0.05, 0.1) is 13.2 Å². The minimum Gasteiger partial charge on any atom is -0.379 e. The first-order chi connectivity index (χ1) is 9.18. The van der Waals surface area contributed by atoms with Crippen LogP contribution >= 0.6 is 12.2 Å². The van der Waals surface area contributed by atoms with Crippen molar-refractivity contribution in [2.24, 2.45) is 5.92 Å². The van der Waals surface area contributed by atoms with E-state index in [2.05, 4.69) is 29.0 Å². The van der Waals surface area contributed by atoms with Crippen LogP contribution in [0.3, 0.4) is 0 Å². The molecule has 0 atom stereocenters. The summed E-state index contributed by atoms with van der Waals surface area (Å²) in [4.78, 5) is 4.00. The van der Waals surface area contributed by atoms with Gasteiger partial charge in [0.15, 0.2) is 10.6 Å². The molecule has 2 rings (SSSR count). The van der Waals surface area contributed by atoms with Gasteiger partial charge in [0.2, 0.25) is 0 Å². The van der Waals surface area contributed by atoms with Crippen LogP contribution in [0.25, 0.3) is 11.4 Å². The molecule has 0 fully saturated rings. The number of nitrogens with zero attached hydrogens (tertiary/aromatic N) is 3. The van der Waals surface area contributed by atoms with Crippen LogP contribution in [0.4, 0.5) is 0 Å². The molecule has 0 aliphatic rings. The first-order valence-electron chi connectivity index (χ1n) is 6.32. The summed E-state index contributed by atoms with van der Waals surface area (Å²) < 4.78 is 8.15. The molecule has 5 nitrogen and oxygen atoms in total. The predicted octanol–water partition coefficient (Wildman–Crippen LogP) is 2.68. The number of hydrogen-bond donors (Lipinski definition) is 1. The van der Waals surface area contributed by atoms with E-state index in [1.54, 1.807) is 12.4 Å². The second-order valence-electron chi connectivity index (χ2n) is 4.71. The van der Waals surface area contributed by atoms with Crippen molar-refractivity contribution in [1.82, 2.24) is 19.7 Å². The third kappa shape index (κ3) is 3.71. The van der Waals surface area contributed by atoms with E-state index in [1.165, 1.54) is 0 Å². The molecular formula is C13H18N4OS. The van der Waals surface area contributed by atoms with Crippen molar-refractivity contribution in [1.29, 1.82) is 0 Å². The summed E-state index contributed by atoms with van der Waals surface area (Å²) in [5.74, 6) is 1.36. The van der Waals surface area contributed by atoms with Crippen LogP contribution in [0.2, 0.25) is 0 Å². The van der Waals surface area contributed by atoms with E-state index in [-0.39, 0.29) is 0 Å². The molecule has 0 aromatic carbocycles. The third-order valence-electron chi connectivity index (χ3n) is 2.61. The Morgan fingerprint density at radius 2 is 2.11 bits per heavy atom. The lowest BCUT2D eigenvalue weighted by Crippen LogP contribution is -2.10. The summed E-state index contributed by atoms with van der Waals surface area (Å²) >= 11 is 5.25. The summed E-state index contributed by atoms with van der Waals surface area (Å²) in [6, 6.07) is 3.83. The number of aromatic amines is 1. The van der Waals surface area contributed by atoms with Gasteiger partial charge in [-0.3, -0.25) is 14.6 Å². The summed E-state index contributed by atoms with van der Waals surface area (Å²) in [6.07, 6.45) is 3.49. The predicted molar refractivity (Wildman–Crippen MR) is 76.3 cm³/mol. The van der Waals surface area contributed by atoms with Crippen molar-refractivity contribution in [3.05, 3.63) is 29.3 Å². The van der Waals surface area contributed by atoms with E-state index in [0.29, 0.717) is 23.8 Å². The molecule has 2 heterocycles. The zero-order valence-corrected chi connectivity index (χ0v) is 12.0. The molecule has 2 aromatic heterocycles. The van der Waals surface area contributed by atoms with Crippen molar-refractivity contribution < 1.29 is 4.74 Å². The van der Waals surface area contributed by atoms with Crippen LogP contribution < -0.4 is 0 Å². The fourth-order valence-electron chi connectivity index (χ4n) is 1.72. The molecule has 6 heteroatoms. The van der Waals surface area contributed by atoms with Gasteiger partial charge in [-0.25, -0.2) is 0 Å². The van der Waals surface area contributed by atoms with E-state index in [0.717, 1.165) is 18.0 Å². The van der Waals surface area contributed by atoms with Gasteiger partial charge in [-0.15, -0.1) is 0 Å². The lowest BCUT2D eigenvalue weighted by atomic mass is 10.2. The monoisotopic (exact) mass is 278 g/mol. The summed E-state index contributed by atoms with van der Waals surface area (Å²) in [5.41, 5.74) is 0.992. The quantitative estimate of drug-likeness (QED) is 0.652. The van der Waals surface area contributed by atoms with Crippen molar-refractivity contribution >= 4 is 12.2 Å². The summed E-state index contributed by atoms with van der Waals surface area (Å²) in [7, 11) is 0. The Kier molecular flexibility index (Phi) is 4.81. The van der Waals surface area contributed by atoms with Crippen LogP contribution in [0, 0.1) is 10.7 Å². The van der Waals surface area contributed by atoms with E-state index >= 15 is 0 Å². The normalized spacial score (nSPS) is 11.1. The van der Waals surface area contributed by atoms with E-state index in [9.17, 15) is 0 Å². The first kappa shape index (κ1) is 13.9. The van der Waals surface area contributed by atoms with Crippen LogP contribution in [0.5, 0.6) is 0 Å². The molecular weight excluding hydrogens is 260 g/mol. The van der Waals surface area contributed by atoms with E-state index in [4.69, 9.17) is 17.0 Å². The Morgan fingerprint density at radius 1 is 1.37 bits per heavy atom. The maximum Gasteiger partial charge on any atom is 0.195 e. The number of pyridine rings is 1. The number of aromatic nitrogens is 4. The maximum atomic E-state index is 5.59. The van der Waals surface area contributed by atoms with Crippen molar-refractivity contribution in [3.63, 3.8) is 0 Å². The average molecular weight is 278 g/mol. The number of nitrogens with one attached hydrogen (secondary N) is 1. The topological polar surface area (TPSA) is 55.7 Å². The standard InChI is InChI=1S/C13H18N4OS/c1-10(2)9-18-8-7-17-12(15-16-13(17)19)11-3-5-14-6-4-11/h3-6,10H,7-9H2,1-2H3,(H,16,19). The Bertz CT molecular complexity index is 562. The summed E-state index contributed by atoms with van der Waals surface area (Å²) in [6.45, 7) is 6.34. The molecule has 0 saturated carbocycles. The second kappa shape index (κ2) is 6.58. The van der Waals surface area contributed by atoms with Gasteiger partial charge in [0, 0.05) is 24.6 Å². The average Bonchev–Trinajstić information content (AvgIpc) is 2.77. The van der Waals surface area contributed by atoms with Gasteiger partial charge in [-0.05, 0) is 30.3 Å². The van der Waals surface area contributed by atoms with Gasteiger partial charge < -0.3 is 4.74 Å². The SMILES string of the molecule is CC(C)COCCn1c(-c2ccncc2)n[nH]c1=S. The Labute approximate surface area is 117 Å². The zero-order chi connectivity index (χ0) is 13.7. The fourth-order valence-corrected chi connectivity index (χ4v) is 1.94. The minimum absolute atomic E-state index is 0.539. The lowest BCUT2D eigenvalue weighted by Gasteiger charge is -2.09. The minimum atomic E-state index is 0.539. The van der Waals surface area contributed by atoms with Gasteiger partial charge >= 0.3 is 0 Å². The number of rotatable bonds is 6. The molecule has 0 unspecified atom stereocenters. The highest BCUT2D eigenvalue weighted by molar-refractivity contribution is 7.71. The number of hydrogen-bond acceptors (Lipinski definition) is 4. The van der Waals surface area contributed by atoms with Gasteiger partial charge in [-0.1, -0.05) is 13.8 Å². The number of H-pyrrole nitrogens is 1. The molecule has 1 N–H and O–H groups in total. The van der Waals surface area contributed by atoms with Crippen LogP contribution in [-0.4, -0.2) is 33.0 Å². The highest BCUT2D eigenvalue weighted by atomic mass is 32.1. The fraction of sp³-hybridized carbons (Fsp3) is 0.462. The Morgan fingerprint density at radius 3 is 2.79 bits per heavy atom. The summed E-state index contributed by atoms with van der Waals surface area (Å²) in [5, 5.41) is 7.09. The molecule has 0 spiro atoms. The Balaban J connectivity index is 2.08. The third-order valence-corrected chi connectivity index (χ3v) is 2.92. The highest BCUT2D eigenvalue weighted by Crippen LogP contribution is 2.15. The van der Waals surface area contributed by atoms with E-state index in [1.807, 2.05) is 16.7 Å². The highest BCUT2D eigenvalue weighted by Gasteiger charge is 2.08. The van der Waals surface area contributed by atoms with Gasteiger partial charge in [-0.2, -0.15) is 5.10 Å². The molecule has 0 bridgehead atoms. The largest absolute Gasteiger partial charge is 0.379 e.